The highest BCUT2D eigenvalue weighted by Crippen LogP contribution is 2.11. The second-order valence-corrected chi connectivity index (χ2v) is 7.24. The highest BCUT2D eigenvalue weighted by molar-refractivity contribution is 14.0. The van der Waals surface area contributed by atoms with Crippen LogP contribution in [0.3, 0.4) is 0 Å². The minimum atomic E-state index is -0.578. The third kappa shape index (κ3) is 6.59. The summed E-state index contributed by atoms with van der Waals surface area (Å²) in [4.78, 5) is 34.3. The first-order valence-corrected chi connectivity index (χ1v) is 9.91. The van der Waals surface area contributed by atoms with E-state index in [-0.39, 0.29) is 35.6 Å². The maximum Gasteiger partial charge on any atom is 0.284 e. The maximum absolute atomic E-state index is 12.4. The molecule has 0 aliphatic carbocycles. The van der Waals surface area contributed by atoms with Crippen molar-refractivity contribution in [3.63, 3.8) is 0 Å². The molecule has 0 aromatic carbocycles. The Morgan fingerprint density at radius 2 is 1.76 bits per heavy atom. The zero-order valence-electron chi connectivity index (χ0n) is 16.9. The van der Waals surface area contributed by atoms with Crippen LogP contribution < -0.4 is 11.1 Å². The summed E-state index contributed by atoms with van der Waals surface area (Å²) in [6, 6.07) is 3.30. The molecule has 10 heteroatoms. The number of piperazine rings is 1. The molecule has 0 atom stereocenters. The first-order chi connectivity index (χ1) is 13.6. The smallest absolute Gasteiger partial charge is 0.284 e. The summed E-state index contributed by atoms with van der Waals surface area (Å²) in [5.74, 6) is 1.23. The molecular formula is C19H31IN6O3. The highest BCUT2D eigenvalue weighted by Gasteiger charge is 2.24. The van der Waals surface area contributed by atoms with Gasteiger partial charge in [-0.05, 0) is 31.4 Å². The van der Waals surface area contributed by atoms with Crippen molar-refractivity contribution in [3.8, 4) is 0 Å². The SMILES string of the molecule is CN=C(NCc1ccc(C(N)=O)o1)N1CCN(CC(=O)N2CCCCC2)CC1.I. The monoisotopic (exact) mass is 518 g/mol. The number of piperidine rings is 1. The van der Waals surface area contributed by atoms with Crippen molar-refractivity contribution in [2.75, 3.05) is 52.9 Å². The first kappa shape index (κ1) is 23.5. The van der Waals surface area contributed by atoms with Gasteiger partial charge in [0, 0.05) is 46.3 Å². The zero-order chi connectivity index (χ0) is 19.9. The third-order valence-electron chi connectivity index (χ3n) is 5.28. The lowest BCUT2D eigenvalue weighted by Crippen LogP contribution is -2.54. The Balaban J connectivity index is 0.00000300. The Bertz CT molecular complexity index is 709. The Kier molecular flexibility index (Phi) is 9.21. The van der Waals surface area contributed by atoms with Gasteiger partial charge in [0.25, 0.3) is 5.91 Å². The molecule has 2 amide bonds. The van der Waals surface area contributed by atoms with Gasteiger partial charge in [-0.2, -0.15) is 0 Å². The number of carbonyl (C=O) groups excluding carboxylic acids is 2. The molecule has 0 saturated carbocycles. The summed E-state index contributed by atoms with van der Waals surface area (Å²) in [7, 11) is 1.74. The summed E-state index contributed by atoms with van der Waals surface area (Å²) in [6.07, 6.45) is 3.48. The van der Waals surface area contributed by atoms with Gasteiger partial charge in [0.05, 0.1) is 13.1 Å². The molecule has 3 rings (SSSR count). The lowest BCUT2D eigenvalue weighted by molar-refractivity contribution is -0.133. The highest BCUT2D eigenvalue weighted by atomic mass is 127. The van der Waals surface area contributed by atoms with Crippen molar-refractivity contribution in [3.05, 3.63) is 23.7 Å². The van der Waals surface area contributed by atoms with E-state index in [1.165, 1.54) is 6.42 Å². The number of carbonyl (C=O) groups is 2. The number of amides is 2. The molecule has 0 spiro atoms. The number of likely N-dealkylation sites (tertiary alicyclic amines) is 1. The summed E-state index contributed by atoms with van der Waals surface area (Å²) >= 11 is 0. The van der Waals surface area contributed by atoms with Crippen LogP contribution in [0, 0.1) is 0 Å². The minimum Gasteiger partial charge on any atom is -0.454 e. The quantitative estimate of drug-likeness (QED) is 0.338. The number of nitrogens with two attached hydrogens (primary N) is 1. The first-order valence-electron chi connectivity index (χ1n) is 9.91. The van der Waals surface area contributed by atoms with Gasteiger partial charge in [-0.1, -0.05) is 0 Å². The standard InChI is InChI=1S/C19H30N6O3.HI/c1-21-19(22-13-15-5-6-16(28-15)18(20)27)25-11-9-23(10-12-25)14-17(26)24-7-3-2-4-8-24;/h5-6H,2-4,7-14H2,1H3,(H2,20,27)(H,21,22);1H. The van der Waals surface area contributed by atoms with Crippen LogP contribution in [0.5, 0.6) is 0 Å². The van der Waals surface area contributed by atoms with Crippen LogP contribution in [0.25, 0.3) is 0 Å². The minimum absolute atomic E-state index is 0. The number of aliphatic imine (C=N–C) groups is 1. The summed E-state index contributed by atoms with van der Waals surface area (Å²) < 4.78 is 5.38. The lowest BCUT2D eigenvalue weighted by Gasteiger charge is -2.37. The number of hydrogen-bond donors (Lipinski definition) is 2. The van der Waals surface area contributed by atoms with Crippen molar-refractivity contribution < 1.29 is 14.0 Å². The van der Waals surface area contributed by atoms with Crippen molar-refractivity contribution in [2.24, 2.45) is 10.7 Å². The number of halogens is 1. The topological polar surface area (TPSA) is 107 Å². The second-order valence-electron chi connectivity index (χ2n) is 7.24. The molecule has 0 bridgehead atoms. The molecule has 9 nitrogen and oxygen atoms in total. The number of nitrogens with zero attached hydrogens (tertiary/aromatic N) is 4. The number of furan rings is 1. The second kappa shape index (κ2) is 11.4. The predicted molar refractivity (Wildman–Crippen MR) is 121 cm³/mol. The lowest BCUT2D eigenvalue weighted by atomic mass is 10.1. The number of hydrogen-bond acceptors (Lipinski definition) is 5. The molecule has 2 aliphatic rings. The molecule has 1 aromatic heterocycles. The molecule has 0 radical (unpaired) electrons. The Hall–Kier alpha value is -1.82. The van der Waals surface area contributed by atoms with Crippen LogP contribution in [0.2, 0.25) is 0 Å². The third-order valence-corrected chi connectivity index (χ3v) is 5.28. The molecule has 162 valence electrons. The van der Waals surface area contributed by atoms with Crippen LogP contribution >= 0.6 is 24.0 Å². The zero-order valence-corrected chi connectivity index (χ0v) is 19.3. The van der Waals surface area contributed by atoms with E-state index in [1.807, 2.05) is 4.90 Å². The summed E-state index contributed by atoms with van der Waals surface area (Å²) in [5, 5.41) is 3.25. The average Bonchev–Trinajstić information content (AvgIpc) is 3.20. The molecule has 2 fully saturated rings. The average molecular weight is 518 g/mol. The molecule has 3 heterocycles. The largest absolute Gasteiger partial charge is 0.454 e. The molecule has 3 N–H and O–H groups in total. The number of primary amides is 1. The molecule has 2 saturated heterocycles. The van der Waals surface area contributed by atoms with E-state index < -0.39 is 5.91 Å². The summed E-state index contributed by atoms with van der Waals surface area (Å²) in [6.45, 7) is 5.99. The maximum atomic E-state index is 12.4. The van der Waals surface area contributed by atoms with Crippen molar-refractivity contribution in [1.82, 2.24) is 20.0 Å². The normalized spacial score (nSPS) is 18.3. The van der Waals surface area contributed by atoms with E-state index in [9.17, 15) is 9.59 Å². The van der Waals surface area contributed by atoms with Gasteiger partial charge in [0.2, 0.25) is 5.91 Å². The molecule has 1 aromatic rings. The Morgan fingerprint density at radius 3 is 2.34 bits per heavy atom. The van der Waals surface area contributed by atoms with Crippen LogP contribution in [0.1, 0.15) is 35.6 Å². The number of rotatable bonds is 5. The van der Waals surface area contributed by atoms with Gasteiger partial charge in [-0.3, -0.25) is 19.5 Å². The molecule has 0 unspecified atom stereocenters. The van der Waals surface area contributed by atoms with Gasteiger partial charge in [-0.25, -0.2) is 0 Å². The van der Waals surface area contributed by atoms with Crippen LogP contribution in [0.15, 0.2) is 21.5 Å². The van der Waals surface area contributed by atoms with Crippen molar-refractivity contribution in [2.45, 2.75) is 25.8 Å². The van der Waals surface area contributed by atoms with Gasteiger partial charge in [-0.15, -0.1) is 24.0 Å². The Morgan fingerprint density at radius 1 is 1.07 bits per heavy atom. The number of guanidine groups is 1. The van der Waals surface area contributed by atoms with Gasteiger partial charge < -0.3 is 25.3 Å². The van der Waals surface area contributed by atoms with Crippen molar-refractivity contribution in [1.29, 1.82) is 0 Å². The van der Waals surface area contributed by atoms with Gasteiger partial charge in [0.15, 0.2) is 11.7 Å². The molecular weight excluding hydrogens is 487 g/mol. The molecule has 29 heavy (non-hydrogen) atoms. The fourth-order valence-corrected chi connectivity index (χ4v) is 3.66. The van der Waals surface area contributed by atoms with E-state index in [1.54, 1.807) is 19.2 Å². The van der Waals surface area contributed by atoms with E-state index in [4.69, 9.17) is 10.2 Å². The summed E-state index contributed by atoms with van der Waals surface area (Å²) in [5.41, 5.74) is 5.20. The van der Waals surface area contributed by atoms with Crippen LogP contribution in [-0.2, 0) is 11.3 Å². The van der Waals surface area contributed by atoms with E-state index in [2.05, 4.69) is 20.1 Å². The van der Waals surface area contributed by atoms with E-state index in [0.29, 0.717) is 18.8 Å². The predicted octanol–water partition coefficient (Wildman–Crippen LogP) is 0.702. The number of nitrogens with one attached hydrogen (secondary N) is 1. The fraction of sp³-hybridized carbons (Fsp3) is 0.632. The van der Waals surface area contributed by atoms with Gasteiger partial charge >= 0.3 is 0 Å². The van der Waals surface area contributed by atoms with Gasteiger partial charge in [0.1, 0.15) is 5.76 Å². The van der Waals surface area contributed by atoms with E-state index >= 15 is 0 Å². The molecule has 2 aliphatic heterocycles. The van der Waals surface area contributed by atoms with Crippen LogP contribution in [0.4, 0.5) is 0 Å². The van der Waals surface area contributed by atoms with Crippen molar-refractivity contribution >= 4 is 41.8 Å². The van der Waals surface area contributed by atoms with Crippen LogP contribution in [-0.4, -0.2) is 85.3 Å². The van der Waals surface area contributed by atoms with E-state index in [0.717, 1.165) is 58.1 Å². The Labute approximate surface area is 188 Å². The fourth-order valence-electron chi connectivity index (χ4n) is 3.66.